The van der Waals surface area contributed by atoms with E-state index < -0.39 is 0 Å². The normalized spacial score (nSPS) is 26.2. The quantitative estimate of drug-likeness (QED) is 0.737. The minimum Gasteiger partial charge on any atom is -0.302 e. The van der Waals surface area contributed by atoms with Crippen LogP contribution in [0.15, 0.2) is 0 Å². The monoisotopic (exact) mass is 317 g/mol. The van der Waals surface area contributed by atoms with E-state index in [-0.39, 0.29) is 0 Å². The number of hydrogen-bond acceptors (Lipinski definition) is 3. The van der Waals surface area contributed by atoms with Crippen molar-refractivity contribution in [3.8, 4) is 11.8 Å². The van der Waals surface area contributed by atoms with Gasteiger partial charge in [-0.1, -0.05) is 39.5 Å². The summed E-state index contributed by atoms with van der Waals surface area (Å²) in [6.07, 6.45) is 2.68. The van der Waals surface area contributed by atoms with Gasteiger partial charge in [0.25, 0.3) is 0 Å². The molecule has 0 saturated carbocycles. The van der Waals surface area contributed by atoms with Crippen LogP contribution < -0.4 is 0 Å². The number of hydrogen-bond donors (Lipinski definition) is 0. The smallest absolute Gasteiger partial charge is 0.0601 e. The summed E-state index contributed by atoms with van der Waals surface area (Å²) < 4.78 is 0. The molecule has 3 fully saturated rings. The Bertz CT molecular complexity index is 437. The van der Waals surface area contributed by atoms with Crippen LogP contribution in [-0.2, 0) is 0 Å². The van der Waals surface area contributed by atoms with Gasteiger partial charge in [0.15, 0.2) is 0 Å². The van der Waals surface area contributed by atoms with Crippen LogP contribution in [0.5, 0.6) is 0 Å². The average molecular weight is 318 g/mol. The second-order valence-electron chi connectivity index (χ2n) is 8.95. The Balaban J connectivity index is 1.33. The zero-order chi connectivity index (χ0) is 16.4. The Hall–Kier alpha value is -0.560. The highest BCUT2D eigenvalue weighted by Gasteiger charge is 2.52. The minimum absolute atomic E-state index is 0.502. The van der Waals surface area contributed by atoms with Crippen LogP contribution in [0.1, 0.15) is 40.5 Å². The van der Waals surface area contributed by atoms with Crippen LogP contribution in [0.25, 0.3) is 0 Å². The summed E-state index contributed by atoms with van der Waals surface area (Å²) in [4.78, 5) is 7.96. The van der Waals surface area contributed by atoms with Crippen molar-refractivity contribution in [1.82, 2.24) is 14.7 Å². The van der Waals surface area contributed by atoms with Crippen LogP contribution in [0, 0.1) is 29.1 Å². The van der Waals surface area contributed by atoms with Crippen molar-refractivity contribution in [2.24, 2.45) is 17.3 Å². The lowest BCUT2D eigenvalue weighted by molar-refractivity contribution is -0.137. The third kappa shape index (κ3) is 4.29. The predicted molar refractivity (Wildman–Crippen MR) is 97.4 cm³/mol. The summed E-state index contributed by atoms with van der Waals surface area (Å²) in [6, 6.07) is 0.842. The molecule has 0 aromatic carbocycles. The van der Waals surface area contributed by atoms with Gasteiger partial charge in [0.2, 0.25) is 0 Å². The molecule has 0 aliphatic carbocycles. The number of rotatable bonds is 4. The van der Waals surface area contributed by atoms with Gasteiger partial charge >= 0.3 is 0 Å². The molecule has 0 N–H and O–H groups in total. The Morgan fingerprint density at radius 2 is 1.61 bits per heavy atom. The first kappa shape index (κ1) is 17.3. The van der Waals surface area contributed by atoms with Gasteiger partial charge in [0.05, 0.1) is 6.54 Å². The van der Waals surface area contributed by atoms with Gasteiger partial charge in [-0.15, -0.1) is 0 Å². The standard InChI is InChI=1S/C20H35N3/c1-17(2)6-5-9-21-10-7-19(8-11-21)23-15-20(16-23)13-22(14-20)12-18(3)4/h17-19H,7-16H2,1-4H3. The van der Waals surface area contributed by atoms with Gasteiger partial charge in [-0.05, 0) is 18.8 Å². The van der Waals surface area contributed by atoms with E-state index in [9.17, 15) is 0 Å². The number of piperidine rings is 1. The van der Waals surface area contributed by atoms with Crippen molar-refractivity contribution in [3.05, 3.63) is 0 Å². The van der Waals surface area contributed by atoms with E-state index in [0.29, 0.717) is 11.3 Å². The van der Waals surface area contributed by atoms with Gasteiger partial charge in [-0.2, -0.15) is 0 Å². The molecule has 3 rings (SSSR count). The molecule has 3 aliphatic heterocycles. The van der Waals surface area contributed by atoms with Gasteiger partial charge in [0.1, 0.15) is 0 Å². The van der Waals surface area contributed by atoms with Crippen LogP contribution >= 0.6 is 0 Å². The first-order valence-corrected chi connectivity index (χ1v) is 9.63. The van der Waals surface area contributed by atoms with E-state index in [2.05, 4.69) is 54.2 Å². The number of likely N-dealkylation sites (tertiary alicyclic amines) is 3. The fourth-order valence-corrected chi connectivity index (χ4v) is 4.63. The van der Waals surface area contributed by atoms with Crippen LogP contribution in [0.4, 0.5) is 0 Å². The van der Waals surface area contributed by atoms with E-state index >= 15 is 0 Å². The molecule has 3 heteroatoms. The van der Waals surface area contributed by atoms with E-state index in [4.69, 9.17) is 0 Å². The number of nitrogens with zero attached hydrogens (tertiary/aromatic N) is 3. The maximum absolute atomic E-state index is 3.34. The summed E-state index contributed by atoms with van der Waals surface area (Å²) >= 11 is 0. The summed E-state index contributed by atoms with van der Waals surface area (Å²) in [5.74, 6) is 7.93. The van der Waals surface area contributed by atoms with Gasteiger partial charge in [0, 0.05) is 63.2 Å². The Morgan fingerprint density at radius 3 is 2.17 bits per heavy atom. The lowest BCUT2D eigenvalue weighted by Crippen LogP contribution is -2.74. The molecule has 0 radical (unpaired) electrons. The molecule has 0 bridgehead atoms. The van der Waals surface area contributed by atoms with Gasteiger partial charge in [-0.3, -0.25) is 9.80 Å². The van der Waals surface area contributed by atoms with Gasteiger partial charge < -0.3 is 4.90 Å². The molecular formula is C20H35N3. The summed E-state index contributed by atoms with van der Waals surface area (Å²) in [5.41, 5.74) is 0.675. The van der Waals surface area contributed by atoms with Gasteiger partial charge in [-0.25, -0.2) is 0 Å². The summed E-state index contributed by atoms with van der Waals surface area (Å²) in [6.45, 7) is 19.2. The largest absolute Gasteiger partial charge is 0.302 e. The van der Waals surface area contributed by atoms with E-state index in [1.54, 1.807) is 0 Å². The molecule has 3 saturated heterocycles. The molecule has 3 nitrogen and oxygen atoms in total. The third-order valence-corrected chi connectivity index (χ3v) is 5.59. The first-order chi connectivity index (χ1) is 11.0. The van der Waals surface area contributed by atoms with Crippen LogP contribution in [0.3, 0.4) is 0 Å². The van der Waals surface area contributed by atoms with Crippen LogP contribution in [0.2, 0.25) is 0 Å². The summed E-state index contributed by atoms with van der Waals surface area (Å²) in [5, 5.41) is 0. The molecule has 23 heavy (non-hydrogen) atoms. The molecule has 1 spiro atoms. The minimum atomic E-state index is 0.502. The van der Waals surface area contributed by atoms with Crippen molar-refractivity contribution < 1.29 is 0 Å². The van der Waals surface area contributed by atoms with Crippen molar-refractivity contribution in [3.63, 3.8) is 0 Å². The molecule has 0 aromatic rings. The molecular weight excluding hydrogens is 282 g/mol. The Morgan fingerprint density at radius 1 is 0.957 bits per heavy atom. The topological polar surface area (TPSA) is 9.72 Å². The molecule has 0 unspecified atom stereocenters. The fourth-order valence-electron chi connectivity index (χ4n) is 4.63. The van der Waals surface area contributed by atoms with Crippen molar-refractivity contribution in [1.29, 1.82) is 0 Å². The highest BCUT2D eigenvalue weighted by molar-refractivity contribution is 5.08. The van der Waals surface area contributed by atoms with Crippen molar-refractivity contribution in [2.45, 2.75) is 46.6 Å². The molecule has 3 heterocycles. The highest BCUT2D eigenvalue weighted by Crippen LogP contribution is 2.42. The summed E-state index contributed by atoms with van der Waals surface area (Å²) in [7, 11) is 0. The van der Waals surface area contributed by atoms with E-state index in [1.807, 2.05) is 0 Å². The maximum atomic E-state index is 3.34. The maximum Gasteiger partial charge on any atom is 0.0601 e. The third-order valence-electron chi connectivity index (χ3n) is 5.59. The zero-order valence-electron chi connectivity index (χ0n) is 15.6. The second-order valence-corrected chi connectivity index (χ2v) is 8.95. The van der Waals surface area contributed by atoms with Crippen LogP contribution in [-0.4, -0.2) is 73.1 Å². The SMILES string of the molecule is CC(C)C#CCN1CCC(N2CC3(CN(CC(C)C)C3)C2)CC1. The van der Waals surface area contributed by atoms with Crippen molar-refractivity contribution >= 4 is 0 Å². The molecule has 130 valence electrons. The van der Waals surface area contributed by atoms with Crippen molar-refractivity contribution in [2.75, 3.05) is 52.4 Å². The lowest BCUT2D eigenvalue weighted by atomic mass is 9.71. The average Bonchev–Trinajstić information content (AvgIpc) is 2.40. The second kappa shape index (κ2) is 7.13. The zero-order valence-corrected chi connectivity index (χ0v) is 15.6. The first-order valence-electron chi connectivity index (χ1n) is 9.63. The Labute approximate surface area is 143 Å². The molecule has 0 atom stereocenters. The molecule has 0 aromatic heterocycles. The molecule has 3 aliphatic rings. The molecule has 0 amide bonds. The predicted octanol–water partition coefficient (Wildman–Crippen LogP) is 2.38. The van der Waals surface area contributed by atoms with E-state index in [0.717, 1.165) is 18.5 Å². The fraction of sp³-hybridized carbons (Fsp3) is 0.900. The highest BCUT2D eigenvalue weighted by atomic mass is 15.3. The van der Waals surface area contributed by atoms with E-state index in [1.165, 1.54) is 58.7 Å². The Kier molecular flexibility index (Phi) is 5.35. The lowest BCUT2D eigenvalue weighted by Gasteiger charge is -2.63.